The third-order valence-electron chi connectivity index (χ3n) is 11.0. The molecule has 0 aliphatic rings. The summed E-state index contributed by atoms with van der Waals surface area (Å²) in [5.74, 6) is 0.779. The molecule has 6 heteroatoms. The highest BCUT2D eigenvalue weighted by atomic mass is 16.6. The number of carbonyl (C=O) groups excluding carboxylic acids is 3. The lowest BCUT2D eigenvalue weighted by Gasteiger charge is -2.18. The van der Waals surface area contributed by atoms with Crippen molar-refractivity contribution in [3.63, 3.8) is 0 Å². The van der Waals surface area contributed by atoms with Gasteiger partial charge in [-0.1, -0.05) is 227 Å². The first-order chi connectivity index (χ1) is 26.7. The van der Waals surface area contributed by atoms with Crippen LogP contribution in [-0.2, 0) is 28.6 Å². The molecule has 0 aliphatic heterocycles. The van der Waals surface area contributed by atoms with E-state index in [1.54, 1.807) is 0 Å². The van der Waals surface area contributed by atoms with E-state index in [9.17, 15) is 14.4 Å². The summed E-state index contributed by atoms with van der Waals surface area (Å²) in [7, 11) is 0. The first-order valence-corrected chi connectivity index (χ1v) is 24.2. The van der Waals surface area contributed by atoms with Crippen molar-refractivity contribution in [3.05, 3.63) is 0 Å². The molecular weight excluding hydrogens is 685 g/mol. The topological polar surface area (TPSA) is 78.9 Å². The van der Waals surface area contributed by atoms with Crippen molar-refractivity contribution in [2.75, 3.05) is 13.2 Å². The summed E-state index contributed by atoms with van der Waals surface area (Å²) in [6.07, 6.45) is 40.9. The zero-order valence-corrected chi connectivity index (χ0v) is 37.6. The van der Waals surface area contributed by atoms with Gasteiger partial charge in [-0.15, -0.1) is 0 Å². The van der Waals surface area contributed by atoms with Gasteiger partial charge < -0.3 is 14.2 Å². The molecule has 55 heavy (non-hydrogen) atoms. The highest BCUT2D eigenvalue weighted by Gasteiger charge is 2.19. The molecule has 6 nitrogen and oxygen atoms in total. The molecule has 0 aromatic heterocycles. The molecule has 0 rings (SSSR count). The third kappa shape index (κ3) is 43.4. The SMILES string of the molecule is CCCCCCCCCCCCCC(=O)OC[C@@H](COC(=O)CCCCCCCCCCCC(C)C)OC(=O)CCCCCCCCCCCCCC(C)C. The van der Waals surface area contributed by atoms with E-state index in [4.69, 9.17) is 14.2 Å². The van der Waals surface area contributed by atoms with Crippen molar-refractivity contribution in [2.24, 2.45) is 11.8 Å². The predicted octanol–water partition coefficient (Wildman–Crippen LogP) is 15.4. The Morgan fingerprint density at radius 2 is 0.600 bits per heavy atom. The molecule has 0 spiro atoms. The van der Waals surface area contributed by atoms with Gasteiger partial charge in [0.25, 0.3) is 0 Å². The van der Waals surface area contributed by atoms with E-state index in [0.29, 0.717) is 19.3 Å². The highest BCUT2D eigenvalue weighted by molar-refractivity contribution is 5.71. The Morgan fingerprint density at radius 3 is 0.891 bits per heavy atom. The van der Waals surface area contributed by atoms with Crippen LogP contribution >= 0.6 is 0 Å². The predicted molar refractivity (Wildman–Crippen MR) is 233 cm³/mol. The number of carbonyl (C=O) groups is 3. The summed E-state index contributed by atoms with van der Waals surface area (Å²) in [4.78, 5) is 37.8. The minimum absolute atomic E-state index is 0.0644. The second-order valence-electron chi connectivity index (χ2n) is 17.7. The molecule has 326 valence electrons. The number of rotatable bonds is 43. The Labute approximate surface area is 342 Å². The first-order valence-electron chi connectivity index (χ1n) is 24.2. The standard InChI is InChI=1S/C49H94O6/c1-6-7-8-9-10-11-13-19-24-29-34-39-47(50)53-42-46(43-54-48(51)40-35-30-25-21-16-18-23-28-33-38-45(4)5)55-49(52)41-36-31-26-20-15-12-14-17-22-27-32-37-44(2)3/h44-46H,6-43H2,1-5H3/t46-/m0/s1. The van der Waals surface area contributed by atoms with E-state index in [-0.39, 0.29) is 31.1 Å². The normalized spacial score (nSPS) is 12.1. The molecule has 0 amide bonds. The molecular formula is C49H94O6. The van der Waals surface area contributed by atoms with Crippen LogP contribution in [-0.4, -0.2) is 37.2 Å². The summed E-state index contributed by atoms with van der Waals surface area (Å²) < 4.78 is 16.8. The van der Waals surface area contributed by atoms with Gasteiger partial charge in [0.05, 0.1) is 0 Å². The Bertz CT molecular complexity index is 839. The molecule has 0 aromatic rings. The Hall–Kier alpha value is -1.59. The van der Waals surface area contributed by atoms with Gasteiger partial charge in [0.2, 0.25) is 0 Å². The van der Waals surface area contributed by atoms with Crippen LogP contribution in [0.5, 0.6) is 0 Å². The fraction of sp³-hybridized carbons (Fsp3) is 0.939. The lowest BCUT2D eigenvalue weighted by Crippen LogP contribution is -2.30. The average molecular weight is 779 g/mol. The van der Waals surface area contributed by atoms with Crippen LogP contribution in [0.1, 0.15) is 266 Å². The number of ether oxygens (including phenoxy) is 3. The summed E-state index contributed by atoms with van der Waals surface area (Å²) in [5, 5.41) is 0. The van der Waals surface area contributed by atoms with E-state index in [1.807, 2.05) is 0 Å². The van der Waals surface area contributed by atoms with Crippen molar-refractivity contribution >= 4 is 17.9 Å². The molecule has 0 bridgehead atoms. The Morgan fingerprint density at radius 1 is 0.345 bits per heavy atom. The van der Waals surface area contributed by atoms with E-state index in [0.717, 1.165) is 69.6 Å². The first kappa shape index (κ1) is 53.4. The molecule has 0 unspecified atom stereocenters. The van der Waals surface area contributed by atoms with E-state index in [1.165, 1.54) is 154 Å². The smallest absolute Gasteiger partial charge is 0.306 e. The van der Waals surface area contributed by atoms with Crippen LogP contribution in [0.15, 0.2) is 0 Å². The van der Waals surface area contributed by atoms with Gasteiger partial charge in [-0.25, -0.2) is 0 Å². The number of hydrogen-bond acceptors (Lipinski definition) is 6. The van der Waals surface area contributed by atoms with Crippen LogP contribution < -0.4 is 0 Å². The van der Waals surface area contributed by atoms with E-state index >= 15 is 0 Å². The summed E-state index contributed by atoms with van der Waals surface area (Å²) >= 11 is 0. The minimum atomic E-state index is -0.761. The second-order valence-corrected chi connectivity index (χ2v) is 17.7. The van der Waals surface area contributed by atoms with Crippen molar-refractivity contribution in [2.45, 2.75) is 272 Å². The maximum atomic E-state index is 12.7. The number of hydrogen-bond donors (Lipinski definition) is 0. The Balaban J connectivity index is 4.33. The minimum Gasteiger partial charge on any atom is -0.462 e. The molecule has 0 radical (unpaired) electrons. The molecule has 0 heterocycles. The number of esters is 3. The van der Waals surface area contributed by atoms with Gasteiger partial charge in [-0.2, -0.15) is 0 Å². The van der Waals surface area contributed by atoms with Crippen molar-refractivity contribution < 1.29 is 28.6 Å². The van der Waals surface area contributed by atoms with Crippen LogP contribution in [0.25, 0.3) is 0 Å². The quantitative estimate of drug-likeness (QED) is 0.0348. The average Bonchev–Trinajstić information content (AvgIpc) is 3.15. The highest BCUT2D eigenvalue weighted by Crippen LogP contribution is 2.17. The maximum absolute atomic E-state index is 12.7. The largest absolute Gasteiger partial charge is 0.462 e. The molecule has 0 saturated carbocycles. The Kier molecular flexibility index (Phi) is 40.8. The summed E-state index contributed by atoms with van der Waals surface area (Å²) in [6.45, 7) is 11.3. The van der Waals surface area contributed by atoms with Crippen molar-refractivity contribution in [1.29, 1.82) is 0 Å². The van der Waals surface area contributed by atoms with Crippen molar-refractivity contribution in [1.82, 2.24) is 0 Å². The molecule has 1 atom stereocenters. The lowest BCUT2D eigenvalue weighted by molar-refractivity contribution is -0.167. The van der Waals surface area contributed by atoms with Gasteiger partial charge in [-0.05, 0) is 31.1 Å². The fourth-order valence-electron chi connectivity index (χ4n) is 7.28. The fourth-order valence-corrected chi connectivity index (χ4v) is 7.28. The van der Waals surface area contributed by atoms with E-state index < -0.39 is 6.10 Å². The van der Waals surface area contributed by atoms with Gasteiger partial charge in [0.15, 0.2) is 6.10 Å². The van der Waals surface area contributed by atoms with Crippen LogP contribution in [0.2, 0.25) is 0 Å². The maximum Gasteiger partial charge on any atom is 0.306 e. The van der Waals surface area contributed by atoms with Crippen LogP contribution in [0, 0.1) is 11.8 Å². The lowest BCUT2D eigenvalue weighted by atomic mass is 10.0. The van der Waals surface area contributed by atoms with Crippen molar-refractivity contribution in [3.8, 4) is 0 Å². The monoisotopic (exact) mass is 779 g/mol. The van der Waals surface area contributed by atoms with Gasteiger partial charge in [0.1, 0.15) is 13.2 Å². The summed E-state index contributed by atoms with van der Waals surface area (Å²) in [6, 6.07) is 0. The van der Waals surface area contributed by atoms with Gasteiger partial charge >= 0.3 is 17.9 Å². The molecule has 0 N–H and O–H groups in total. The van der Waals surface area contributed by atoms with E-state index in [2.05, 4.69) is 34.6 Å². The molecule has 0 aliphatic carbocycles. The zero-order chi connectivity index (χ0) is 40.5. The molecule has 0 saturated heterocycles. The second kappa shape index (κ2) is 42.0. The zero-order valence-electron chi connectivity index (χ0n) is 37.6. The van der Waals surface area contributed by atoms with Crippen LogP contribution in [0.3, 0.4) is 0 Å². The van der Waals surface area contributed by atoms with Gasteiger partial charge in [0, 0.05) is 19.3 Å². The van der Waals surface area contributed by atoms with Gasteiger partial charge in [-0.3, -0.25) is 14.4 Å². The van der Waals surface area contributed by atoms with Crippen LogP contribution in [0.4, 0.5) is 0 Å². The third-order valence-corrected chi connectivity index (χ3v) is 11.0. The molecule has 0 aromatic carbocycles. The number of unbranched alkanes of at least 4 members (excludes halogenated alkanes) is 28. The molecule has 0 fully saturated rings. The summed E-state index contributed by atoms with van der Waals surface area (Å²) in [5.41, 5.74) is 0.